The SMILES string of the molecule is Cc1cc(CN2CC(C)NCC2C(C)C)cc(C)c1F. The molecular weight excluding hydrogens is 251 g/mol. The summed E-state index contributed by atoms with van der Waals surface area (Å²) in [4.78, 5) is 2.54. The van der Waals surface area contributed by atoms with Crippen LogP contribution in [0, 0.1) is 25.6 Å². The molecule has 0 bridgehead atoms. The first-order valence-electron chi connectivity index (χ1n) is 7.61. The molecule has 0 aliphatic carbocycles. The van der Waals surface area contributed by atoms with Crippen LogP contribution in [-0.4, -0.2) is 30.1 Å². The molecule has 0 saturated carbocycles. The Labute approximate surface area is 122 Å². The molecule has 1 N–H and O–H groups in total. The Balaban J connectivity index is 2.18. The Bertz CT molecular complexity index is 447. The molecule has 3 heteroatoms. The second-order valence-electron chi connectivity index (χ2n) is 6.59. The van der Waals surface area contributed by atoms with E-state index in [-0.39, 0.29) is 5.82 Å². The number of hydrogen-bond acceptors (Lipinski definition) is 2. The van der Waals surface area contributed by atoms with Gasteiger partial charge in [-0.2, -0.15) is 0 Å². The Hall–Kier alpha value is -0.930. The van der Waals surface area contributed by atoms with Gasteiger partial charge < -0.3 is 5.32 Å². The molecular formula is C17H27FN2. The number of rotatable bonds is 3. The quantitative estimate of drug-likeness (QED) is 0.913. The van der Waals surface area contributed by atoms with Gasteiger partial charge in [-0.3, -0.25) is 4.90 Å². The molecule has 1 saturated heterocycles. The van der Waals surface area contributed by atoms with Gasteiger partial charge in [0.25, 0.3) is 0 Å². The number of benzene rings is 1. The third kappa shape index (κ3) is 3.39. The third-order valence-corrected chi connectivity index (χ3v) is 4.30. The molecule has 20 heavy (non-hydrogen) atoms. The summed E-state index contributed by atoms with van der Waals surface area (Å²) >= 11 is 0. The van der Waals surface area contributed by atoms with Crippen LogP contribution in [0.5, 0.6) is 0 Å². The van der Waals surface area contributed by atoms with Crippen molar-refractivity contribution < 1.29 is 4.39 Å². The monoisotopic (exact) mass is 278 g/mol. The predicted molar refractivity (Wildman–Crippen MR) is 82.4 cm³/mol. The van der Waals surface area contributed by atoms with Gasteiger partial charge in [0.15, 0.2) is 0 Å². The van der Waals surface area contributed by atoms with Crippen molar-refractivity contribution in [3.05, 3.63) is 34.6 Å². The van der Waals surface area contributed by atoms with Crippen molar-refractivity contribution in [1.29, 1.82) is 0 Å². The molecule has 1 aliphatic rings. The summed E-state index contributed by atoms with van der Waals surface area (Å²) in [6, 6.07) is 5.06. The van der Waals surface area contributed by atoms with E-state index in [1.807, 2.05) is 26.0 Å². The fraction of sp³-hybridized carbons (Fsp3) is 0.647. The largest absolute Gasteiger partial charge is 0.311 e. The molecule has 2 rings (SSSR count). The van der Waals surface area contributed by atoms with Crippen molar-refractivity contribution in [2.75, 3.05) is 13.1 Å². The van der Waals surface area contributed by atoms with Gasteiger partial charge >= 0.3 is 0 Å². The second kappa shape index (κ2) is 6.23. The average molecular weight is 278 g/mol. The molecule has 1 heterocycles. The Morgan fingerprint density at radius 1 is 1.30 bits per heavy atom. The molecule has 0 spiro atoms. The zero-order valence-corrected chi connectivity index (χ0v) is 13.3. The molecule has 1 aromatic rings. The minimum Gasteiger partial charge on any atom is -0.311 e. The first-order chi connectivity index (χ1) is 9.38. The first kappa shape index (κ1) is 15.5. The van der Waals surface area contributed by atoms with E-state index in [1.165, 1.54) is 5.56 Å². The lowest BCUT2D eigenvalue weighted by Crippen LogP contribution is -2.56. The Morgan fingerprint density at radius 2 is 1.90 bits per heavy atom. The number of aryl methyl sites for hydroxylation is 2. The third-order valence-electron chi connectivity index (χ3n) is 4.30. The number of piperazine rings is 1. The van der Waals surface area contributed by atoms with Crippen molar-refractivity contribution >= 4 is 0 Å². The summed E-state index contributed by atoms with van der Waals surface area (Å²) < 4.78 is 13.7. The zero-order valence-electron chi connectivity index (χ0n) is 13.3. The maximum absolute atomic E-state index is 13.7. The van der Waals surface area contributed by atoms with E-state index in [9.17, 15) is 4.39 Å². The normalized spacial score (nSPS) is 24.4. The van der Waals surface area contributed by atoms with Crippen LogP contribution in [0.4, 0.5) is 4.39 Å². The molecule has 2 atom stereocenters. The van der Waals surface area contributed by atoms with Crippen molar-refractivity contribution in [2.24, 2.45) is 5.92 Å². The fourth-order valence-corrected chi connectivity index (χ4v) is 3.20. The minimum absolute atomic E-state index is 0.0668. The van der Waals surface area contributed by atoms with Gasteiger partial charge in [0.2, 0.25) is 0 Å². The lowest BCUT2D eigenvalue weighted by molar-refractivity contribution is 0.0955. The van der Waals surface area contributed by atoms with E-state index in [2.05, 4.69) is 31.0 Å². The van der Waals surface area contributed by atoms with Crippen LogP contribution < -0.4 is 5.32 Å². The van der Waals surface area contributed by atoms with Crippen LogP contribution in [0.3, 0.4) is 0 Å². The van der Waals surface area contributed by atoms with Crippen molar-refractivity contribution in [3.8, 4) is 0 Å². The smallest absolute Gasteiger partial charge is 0.129 e. The number of hydrogen-bond donors (Lipinski definition) is 1. The minimum atomic E-state index is -0.0668. The highest BCUT2D eigenvalue weighted by Crippen LogP contribution is 2.21. The molecule has 2 nitrogen and oxygen atoms in total. The van der Waals surface area contributed by atoms with E-state index >= 15 is 0 Å². The summed E-state index contributed by atoms with van der Waals surface area (Å²) in [6.07, 6.45) is 0. The van der Waals surface area contributed by atoms with E-state index in [0.29, 0.717) is 18.0 Å². The molecule has 1 fully saturated rings. The van der Waals surface area contributed by atoms with Gasteiger partial charge in [-0.1, -0.05) is 26.0 Å². The maximum atomic E-state index is 13.7. The average Bonchev–Trinajstić information content (AvgIpc) is 2.35. The van der Waals surface area contributed by atoms with Crippen molar-refractivity contribution in [1.82, 2.24) is 10.2 Å². The Kier molecular flexibility index (Phi) is 4.82. The molecule has 112 valence electrons. The second-order valence-corrected chi connectivity index (χ2v) is 6.59. The Morgan fingerprint density at radius 3 is 2.45 bits per heavy atom. The topological polar surface area (TPSA) is 15.3 Å². The summed E-state index contributed by atoms with van der Waals surface area (Å²) in [7, 11) is 0. The fourth-order valence-electron chi connectivity index (χ4n) is 3.20. The molecule has 0 aromatic heterocycles. The lowest BCUT2D eigenvalue weighted by atomic mass is 9.97. The van der Waals surface area contributed by atoms with Crippen LogP contribution in [0.2, 0.25) is 0 Å². The molecule has 0 amide bonds. The molecule has 1 aromatic carbocycles. The van der Waals surface area contributed by atoms with Gasteiger partial charge in [-0.15, -0.1) is 0 Å². The van der Waals surface area contributed by atoms with Crippen LogP contribution in [0.15, 0.2) is 12.1 Å². The van der Waals surface area contributed by atoms with Gasteiger partial charge in [-0.25, -0.2) is 4.39 Å². The molecule has 1 aliphatic heterocycles. The summed E-state index contributed by atoms with van der Waals surface area (Å²) in [5, 5.41) is 3.56. The summed E-state index contributed by atoms with van der Waals surface area (Å²) in [5.41, 5.74) is 2.73. The zero-order chi connectivity index (χ0) is 14.9. The van der Waals surface area contributed by atoms with E-state index < -0.39 is 0 Å². The summed E-state index contributed by atoms with van der Waals surface area (Å²) in [5.74, 6) is 0.556. The number of nitrogens with one attached hydrogen (secondary N) is 1. The van der Waals surface area contributed by atoms with Gasteiger partial charge in [-0.05, 0) is 43.4 Å². The van der Waals surface area contributed by atoms with E-state index in [4.69, 9.17) is 0 Å². The van der Waals surface area contributed by atoms with E-state index in [1.54, 1.807) is 0 Å². The number of halogens is 1. The maximum Gasteiger partial charge on any atom is 0.129 e. The van der Waals surface area contributed by atoms with Crippen molar-refractivity contribution in [3.63, 3.8) is 0 Å². The van der Waals surface area contributed by atoms with Gasteiger partial charge in [0.1, 0.15) is 5.82 Å². The highest BCUT2D eigenvalue weighted by molar-refractivity contribution is 5.30. The molecule has 0 radical (unpaired) electrons. The highest BCUT2D eigenvalue weighted by atomic mass is 19.1. The predicted octanol–water partition coefficient (Wildman–Crippen LogP) is 3.26. The highest BCUT2D eigenvalue weighted by Gasteiger charge is 2.28. The summed E-state index contributed by atoms with van der Waals surface area (Å²) in [6.45, 7) is 13.5. The van der Waals surface area contributed by atoms with Crippen LogP contribution >= 0.6 is 0 Å². The first-order valence-corrected chi connectivity index (χ1v) is 7.61. The lowest BCUT2D eigenvalue weighted by Gasteiger charge is -2.41. The van der Waals surface area contributed by atoms with Crippen LogP contribution in [0.25, 0.3) is 0 Å². The van der Waals surface area contributed by atoms with E-state index in [0.717, 1.165) is 30.8 Å². The van der Waals surface area contributed by atoms with Gasteiger partial charge in [0, 0.05) is 31.7 Å². The van der Waals surface area contributed by atoms with Crippen LogP contribution in [-0.2, 0) is 6.54 Å². The van der Waals surface area contributed by atoms with Gasteiger partial charge in [0.05, 0.1) is 0 Å². The molecule has 2 unspecified atom stereocenters. The van der Waals surface area contributed by atoms with Crippen LogP contribution in [0.1, 0.15) is 37.5 Å². The van der Waals surface area contributed by atoms with Crippen molar-refractivity contribution in [2.45, 2.75) is 53.2 Å². The standard InChI is InChI=1S/C17H27FN2/c1-11(2)16-8-19-14(5)9-20(16)10-15-6-12(3)17(18)13(4)7-15/h6-7,11,14,16,19H,8-10H2,1-5H3. The number of nitrogens with zero attached hydrogens (tertiary/aromatic N) is 1.